The average Bonchev–Trinajstić information content (AvgIpc) is 3.56. The van der Waals surface area contributed by atoms with Gasteiger partial charge in [-0.3, -0.25) is 0 Å². The highest BCUT2D eigenvalue weighted by atomic mass is 32.1. The lowest BCUT2D eigenvalue weighted by molar-refractivity contribution is 1.07. The van der Waals surface area contributed by atoms with Crippen LogP contribution >= 0.6 is 11.3 Å². The number of anilines is 3. The van der Waals surface area contributed by atoms with Crippen LogP contribution in [0.15, 0.2) is 182 Å². The number of rotatable bonds is 5. The van der Waals surface area contributed by atoms with E-state index in [9.17, 15) is 0 Å². The van der Waals surface area contributed by atoms with Gasteiger partial charge in [-0.05, 0) is 47.5 Å². The normalized spacial score (nSPS) is 11.8. The first-order valence-corrected chi connectivity index (χ1v) is 18.2. The molecule has 0 saturated carbocycles. The van der Waals surface area contributed by atoms with Crippen LogP contribution in [-0.2, 0) is 0 Å². The van der Waals surface area contributed by atoms with Gasteiger partial charge in [0.2, 0.25) is 0 Å². The van der Waals surface area contributed by atoms with Crippen molar-refractivity contribution in [3.8, 4) is 66.9 Å². The zero-order valence-electron chi connectivity index (χ0n) is 28.0. The fourth-order valence-corrected chi connectivity index (χ4v) is 8.50. The van der Waals surface area contributed by atoms with Crippen molar-refractivity contribution in [1.29, 1.82) is 0 Å². The molecule has 0 fully saturated rings. The molecule has 2 aromatic heterocycles. The molecule has 0 atom stereocenters. The van der Waals surface area contributed by atoms with Crippen LogP contribution in [0.5, 0.6) is 0 Å². The molecule has 1 aliphatic heterocycles. The van der Waals surface area contributed by atoms with E-state index in [2.05, 4.69) is 126 Å². The molecule has 3 heterocycles. The highest BCUT2D eigenvalue weighted by Gasteiger charge is 2.28. The van der Waals surface area contributed by atoms with Crippen LogP contribution in [0.25, 0.3) is 76.9 Å². The van der Waals surface area contributed by atoms with Crippen molar-refractivity contribution in [2.24, 2.45) is 0 Å². The molecule has 0 spiro atoms. The summed E-state index contributed by atoms with van der Waals surface area (Å²) in [6, 6.07) is 63.9. The maximum Gasteiger partial charge on any atom is 0.164 e. The van der Waals surface area contributed by atoms with Gasteiger partial charge in [-0.1, -0.05) is 146 Å². The van der Waals surface area contributed by atoms with Crippen molar-refractivity contribution in [1.82, 2.24) is 15.0 Å². The van der Waals surface area contributed by atoms with Crippen LogP contribution in [0.4, 0.5) is 17.1 Å². The maximum absolute atomic E-state index is 4.99. The second-order valence-electron chi connectivity index (χ2n) is 12.8. The van der Waals surface area contributed by atoms with Gasteiger partial charge in [0.25, 0.3) is 0 Å². The van der Waals surface area contributed by atoms with Gasteiger partial charge in [0.15, 0.2) is 17.5 Å². The Morgan fingerprint density at radius 1 is 0.385 bits per heavy atom. The number of hydrogen-bond donors (Lipinski definition) is 0. The molecular weight excluding hydrogens is 653 g/mol. The molecule has 4 nitrogen and oxygen atoms in total. The molecule has 1 aliphatic rings. The fourth-order valence-electron chi connectivity index (χ4n) is 7.25. The Kier molecular flexibility index (Phi) is 7.29. The Hall–Kier alpha value is -6.69. The molecule has 0 bridgehead atoms. The van der Waals surface area contributed by atoms with E-state index in [1.54, 1.807) is 0 Å². The lowest BCUT2D eigenvalue weighted by Crippen LogP contribution is -2.10. The van der Waals surface area contributed by atoms with Crippen LogP contribution in [0, 0.1) is 0 Å². The monoisotopic (exact) mass is 682 g/mol. The molecule has 0 amide bonds. The van der Waals surface area contributed by atoms with Crippen LogP contribution < -0.4 is 4.90 Å². The van der Waals surface area contributed by atoms with Crippen LogP contribution in [0.1, 0.15) is 0 Å². The first-order valence-electron chi connectivity index (χ1n) is 17.4. The van der Waals surface area contributed by atoms with Gasteiger partial charge in [0.1, 0.15) is 0 Å². The standard InChI is InChI=1S/C47H30N4S/c1-3-15-31(16-4-1)45-48-46(32-17-5-2-6-18-32)50-47(49-45)35-21-13-19-33(29-35)34-20-14-22-36(30-34)51-40-26-10-7-23-37(40)43-39-25-9-12-28-42(39)52-44(43)38-24-8-11-27-41(38)51/h1-30H. The summed E-state index contributed by atoms with van der Waals surface area (Å²) < 4.78 is 1.30. The van der Waals surface area contributed by atoms with Crippen molar-refractivity contribution in [3.05, 3.63) is 182 Å². The molecular formula is C47H30N4S. The lowest BCUT2D eigenvalue weighted by Gasteiger charge is -2.27. The molecule has 5 heteroatoms. The maximum atomic E-state index is 4.99. The Morgan fingerprint density at radius 2 is 0.885 bits per heavy atom. The van der Waals surface area contributed by atoms with Gasteiger partial charge in [-0.25, -0.2) is 15.0 Å². The summed E-state index contributed by atoms with van der Waals surface area (Å²) in [7, 11) is 0. The fraction of sp³-hybridized carbons (Fsp3) is 0. The van der Waals surface area contributed by atoms with Gasteiger partial charge >= 0.3 is 0 Å². The van der Waals surface area contributed by atoms with Gasteiger partial charge in [0, 0.05) is 54.0 Å². The summed E-state index contributed by atoms with van der Waals surface area (Å²) in [6.07, 6.45) is 0. The van der Waals surface area contributed by atoms with Crippen molar-refractivity contribution < 1.29 is 0 Å². The molecule has 10 rings (SSSR count). The minimum atomic E-state index is 0.638. The third kappa shape index (κ3) is 5.18. The summed E-state index contributed by atoms with van der Waals surface area (Å²) in [5.41, 5.74) is 12.2. The first kappa shape index (κ1) is 30.2. The van der Waals surface area contributed by atoms with Crippen molar-refractivity contribution in [3.63, 3.8) is 0 Å². The van der Waals surface area contributed by atoms with E-state index in [-0.39, 0.29) is 0 Å². The summed E-state index contributed by atoms with van der Waals surface area (Å²) in [4.78, 5) is 18.6. The smallest absolute Gasteiger partial charge is 0.164 e. The van der Waals surface area contributed by atoms with E-state index in [0.717, 1.165) is 39.2 Å². The number of aromatic nitrogens is 3. The Labute approximate surface area is 306 Å². The number of hydrogen-bond acceptors (Lipinski definition) is 5. The summed E-state index contributed by atoms with van der Waals surface area (Å²) >= 11 is 1.87. The van der Waals surface area contributed by atoms with E-state index in [1.807, 2.05) is 72.0 Å². The molecule has 0 radical (unpaired) electrons. The highest BCUT2D eigenvalue weighted by molar-refractivity contribution is 7.23. The van der Waals surface area contributed by atoms with E-state index < -0.39 is 0 Å². The van der Waals surface area contributed by atoms with E-state index >= 15 is 0 Å². The molecule has 0 N–H and O–H groups in total. The topological polar surface area (TPSA) is 41.9 Å². The number of thiophene rings is 1. The highest BCUT2D eigenvalue weighted by Crippen LogP contribution is 2.55. The van der Waals surface area contributed by atoms with Gasteiger partial charge in [-0.15, -0.1) is 11.3 Å². The zero-order chi connectivity index (χ0) is 34.4. The lowest BCUT2D eigenvalue weighted by atomic mass is 9.98. The second-order valence-corrected chi connectivity index (χ2v) is 13.9. The van der Waals surface area contributed by atoms with Crippen LogP contribution in [-0.4, -0.2) is 15.0 Å². The van der Waals surface area contributed by atoms with Crippen molar-refractivity contribution >= 4 is 38.5 Å². The third-order valence-corrected chi connectivity index (χ3v) is 10.9. The Bertz CT molecular complexity index is 2700. The molecule has 9 aromatic rings. The predicted octanol–water partition coefficient (Wildman–Crippen LogP) is 12.9. The molecule has 52 heavy (non-hydrogen) atoms. The number of fused-ring (bicyclic) bond motifs is 7. The average molecular weight is 683 g/mol. The number of para-hydroxylation sites is 2. The van der Waals surface area contributed by atoms with Crippen LogP contribution in [0.3, 0.4) is 0 Å². The zero-order valence-corrected chi connectivity index (χ0v) is 28.8. The van der Waals surface area contributed by atoms with Crippen molar-refractivity contribution in [2.75, 3.05) is 4.90 Å². The van der Waals surface area contributed by atoms with E-state index in [0.29, 0.717) is 17.5 Å². The van der Waals surface area contributed by atoms with Gasteiger partial charge in [-0.2, -0.15) is 0 Å². The molecule has 0 aliphatic carbocycles. The number of nitrogens with zero attached hydrogens (tertiary/aromatic N) is 4. The molecule has 0 unspecified atom stereocenters. The summed E-state index contributed by atoms with van der Waals surface area (Å²) in [5, 5.41) is 1.29. The molecule has 7 aromatic carbocycles. The minimum Gasteiger partial charge on any atom is -0.309 e. The SMILES string of the molecule is c1ccc(-c2nc(-c3ccccc3)nc(-c3cccc(-c4cccc(N5c6ccccc6-c6sc7ccccc7c6-c6ccccc65)c4)c3)n2)cc1. The summed E-state index contributed by atoms with van der Waals surface area (Å²) in [5.74, 6) is 1.94. The second kappa shape index (κ2) is 12.6. The Balaban J connectivity index is 1.10. The van der Waals surface area contributed by atoms with Crippen LogP contribution in [0.2, 0.25) is 0 Å². The first-order chi connectivity index (χ1) is 25.8. The largest absolute Gasteiger partial charge is 0.309 e. The predicted molar refractivity (Wildman–Crippen MR) is 216 cm³/mol. The molecule has 244 valence electrons. The summed E-state index contributed by atoms with van der Waals surface area (Å²) in [6.45, 7) is 0. The van der Waals surface area contributed by atoms with Crippen molar-refractivity contribution in [2.45, 2.75) is 0 Å². The van der Waals surface area contributed by atoms with Gasteiger partial charge in [0.05, 0.1) is 11.4 Å². The third-order valence-electron chi connectivity index (χ3n) is 9.66. The van der Waals surface area contributed by atoms with E-state index in [4.69, 9.17) is 15.0 Å². The quantitative estimate of drug-likeness (QED) is 0.181. The minimum absolute atomic E-state index is 0.638. The Morgan fingerprint density at radius 3 is 1.60 bits per heavy atom. The van der Waals surface area contributed by atoms with Gasteiger partial charge < -0.3 is 4.90 Å². The molecule has 0 saturated heterocycles. The number of benzene rings is 7. The van der Waals surface area contributed by atoms with E-state index in [1.165, 1.54) is 37.3 Å².